The summed E-state index contributed by atoms with van der Waals surface area (Å²) < 4.78 is 121. The zero-order valence-corrected chi connectivity index (χ0v) is 22.1. The third kappa shape index (κ3) is 8.84. The number of hydrogen-bond donors (Lipinski definition) is 1. The van der Waals surface area contributed by atoms with Gasteiger partial charge >= 0.3 is 18.5 Å². The Labute approximate surface area is 225 Å². The fourth-order valence-electron chi connectivity index (χ4n) is 4.07. The van der Waals surface area contributed by atoms with E-state index in [9.17, 15) is 39.5 Å². The van der Waals surface area contributed by atoms with Gasteiger partial charge in [-0.1, -0.05) is 24.8 Å². The van der Waals surface area contributed by atoms with Crippen LogP contribution in [0, 0.1) is 0 Å². The Bertz CT molecular complexity index is 1170. The highest BCUT2D eigenvalue weighted by Gasteiger charge is 2.37. The highest BCUT2D eigenvalue weighted by molar-refractivity contribution is 5.37. The minimum absolute atomic E-state index is 0.0143. The summed E-state index contributed by atoms with van der Waals surface area (Å²) in [5.41, 5.74) is -3.88. The fourth-order valence-corrected chi connectivity index (χ4v) is 4.07. The third-order valence-corrected chi connectivity index (χ3v) is 5.89. The Hall–Kier alpha value is -3.33. The van der Waals surface area contributed by atoms with E-state index in [2.05, 4.69) is 16.9 Å². The predicted molar refractivity (Wildman–Crippen MR) is 130 cm³/mol. The van der Waals surface area contributed by atoms with E-state index >= 15 is 0 Å². The van der Waals surface area contributed by atoms with Gasteiger partial charge in [0.2, 0.25) is 0 Å². The zero-order valence-electron chi connectivity index (χ0n) is 22.1. The highest BCUT2D eigenvalue weighted by atomic mass is 19.4. The lowest BCUT2D eigenvalue weighted by molar-refractivity contribution is -0.143. The van der Waals surface area contributed by atoms with Crippen LogP contribution >= 0.6 is 0 Å². The number of nitrogens with zero attached hydrogens (tertiary/aromatic N) is 5. The Kier molecular flexibility index (Phi) is 10.2. The molecule has 0 aromatic heterocycles. The summed E-state index contributed by atoms with van der Waals surface area (Å²) in [5, 5.41) is 8.06. The van der Waals surface area contributed by atoms with Crippen molar-refractivity contribution >= 4 is 0 Å². The first kappa shape index (κ1) is 32.9. The molecule has 1 atom stereocenters. The Morgan fingerprint density at radius 3 is 1.77 bits per heavy atom. The molecule has 0 aliphatic carbocycles. The molecule has 2 rings (SSSR count). The van der Waals surface area contributed by atoms with Gasteiger partial charge in [0.1, 0.15) is 5.82 Å². The number of hydrazine groups is 1. The van der Waals surface area contributed by atoms with Gasteiger partial charge in [-0.05, 0) is 67.5 Å². The average molecular weight is 585 g/mol. The molecule has 0 saturated carbocycles. The summed E-state index contributed by atoms with van der Waals surface area (Å²) in [5.74, 6) is 5.14. The van der Waals surface area contributed by atoms with Crippen molar-refractivity contribution in [3.8, 4) is 0 Å². The van der Waals surface area contributed by atoms with Crippen molar-refractivity contribution < 1.29 is 39.5 Å². The quantitative estimate of drug-likeness (QED) is 0.137. The van der Waals surface area contributed by atoms with Gasteiger partial charge < -0.3 is 9.80 Å². The average Bonchev–Trinajstić information content (AvgIpc) is 2.81. The summed E-state index contributed by atoms with van der Waals surface area (Å²) in [6.07, 6.45) is -14.4. The van der Waals surface area contributed by atoms with Crippen molar-refractivity contribution in [2.75, 3.05) is 21.1 Å². The molecule has 222 valence electrons. The van der Waals surface area contributed by atoms with E-state index in [1.807, 2.05) is 6.92 Å². The normalized spacial score (nSPS) is 13.7. The standard InChI is InChI=1S/C25H29F9N6/c1-6-22(38(3)4)21-8-7-18(23(26,27)28)11-17(21)14-40(15(2)36-37-39(5)35)13-16-9-19(24(29,30)31)12-20(10-16)25(32,33)34/h7-12,22H,2,6,13-14,35H2,1,3-5H3. The summed E-state index contributed by atoms with van der Waals surface area (Å²) >= 11 is 0. The molecule has 0 aliphatic heterocycles. The zero-order chi connectivity index (χ0) is 30.6. The molecule has 0 aliphatic rings. The largest absolute Gasteiger partial charge is 0.416 e. The number of nitrogens with two attached hydrogens (primary N) is 1. The molecule has 0 amide bonds. The molecule has 1 unspecified atom stereocenters. The van der Waals surface area contributed by atoms with Crippen molar-refractivity contribution in [2.45, 2.75) is 51.0 Å². The lowest BCUT2D eigenvalue weighted by Crippen LogP contribution is -2.26. The molecule has 15 heteroatoms. The lowest BCUT2D eigenvalue weighted by Gasteiger charge is -2.30. The Morgan fingerprint density at radius 2 is 1.35 bits per heavy atom. The van der Waals surface area contributed by atoms with Crippen molar-refractivity contribution in [3.05, 3.63) is 82.2 Å². The van der Waals surface area contributed by atoms with Crippen LogP contribution in [0.25, 0.3) is 0 Å². The van der Waals surface area contributed by atoms with Crippen LogP contribution in [0.1, 0.15) is 52.8 Å². The van der Waals surface area contributed by atoms with Crippen molar-refractivity contribution in [1.29, 1.82) is 0 Å². The fraction of sp³-hybridized carbons (Fsp3) is 0.440. The van der Waals surface area contributed by atoms with Crippen LogP contribution in [0.2, 0.25) is 0 Å². The maximum absolute atomic E-state index is 13.6. The molecule has 2 N–H and O–H groups in total. The van der Waals surface area contributed by atoms with Crippen LogP contribution in [0.15, 0.2) is 59.1 Å². The number of alkyl halides is 9. The number of benzene rings is 2. The molecule has 40 heavy (non-hydrogen) atoms. The smallest absolute Gasteiger partial charge is 0.347 e. The molecule has 0 heterocycles. The molecular weight excluding hydrogens is 555 g/mol. The number of halogens is 9. The second-order valence-electron chi connectivity index (χ2n) is 9.25. The minimum Gasteiger partial charge on any atom is -0.347 e. The second kappa shape index (κ2) is 12.5. The number of rotatable bonds is 10. The van der Waals surface area contributed by atoms with Gasteiger partial charge in [0.25, 0.3) is 0 Å². The summed E-state index contributed by atoms with van der Waals surface area (Å²) in [6.45, 7) is 4.47. The van der Waals surface area contributed by atoms with Gasteiger partial charge in [0, 0.05) is 26.2 Å². The van der Waals surface area contributed by atoms with E-state index in [0.717, 1.165) is 22.2 Å². The molecule has 0 fully saturated rings. The second-order valence-corrected chi connectivity index (χ2v) is 9.25. The maximum Gasteiger partial charge on any atom is 0.416 e. The monoisotopic (exact) mass is 584 g/mol. The molecule has 0 spiro atoms. The molecule has 2 aromatic carbocycles. The molecular formula is C25H29F9N6. The van der Waals surface area contributed by atoms with Crippen molar-refractivity contribution in [2.24, 2.45) is 16.2 Å². The van der Waals surface area contributed by atoms with E-state index < -0.39 is 53.9 Å². The van der Waals surface area contributed by atoms with Crippen LogP contribution in [-0.2, 0) is 31.6 Å². The molecule has 6 nitrogen and oxygen atoms in total. The SMILES string of the molecule is C=C(N=NN(C)N)N(Cc1cc(C(F)(F)F)cc(C(F)(F)F)c1)Cc1cc(C(F)(F)F)ccc1C(CC)N(C)C. The van der Waals surface area contributed by atoms with Gasteiger partial charge in [-0.15, -0.1) is 5.11 Å². The van der Waals surface area contributed by atoms with E-state index in [1.165, 1.54) is 13.1 Å². The van der Waals surface area contributed by atoms with Crippen LogP contribution in [-0.4, -0.2) is 36.1 Å². The van der Waals surface area contributed by atoms with E-state index in [1.54, 1.807) is 19.0 Å². The van der Waals surface area contributed by atoms with Crippen molar-refractivity contribution in [1.82, 2.24) is 14.9 Å². The van der Waals surface area contributed by atoms with Gasteiger partial charge in [0.05, 0.1) is 16.7 Å². The van der Waals surface area contributed by atoms with Crippen LogP contribution in [0.3, 0.4) is 0 Å². The van der Waals surface area contributed by atoms with Crippen molar-refractivity contribution in [3.63, 3.8) is 0 Å². The first-order valence-electron chi connectivity index (χ1n) is 11.7. The maximum atomic E-state index is 13.6. The topological polar surface area (TPSA) is 60.5 Å². The van der Waals surface area contributed by atoms with Crippen LogP contribution in [0.4, 0.5) is 39.5 Å². The third-order valence-electron chi connectivity index (χ3n) is 5.89. The van der Waals surface area contributed by atoms with Crippen LogP contribution in [0.5, 0.6) is 0 Å². The summed E-state index contributed by atoms with van der Waals surface area (Å²) in [4.78, 5) is 2.90. The van der Waals surface area contributed by atoms with Gasteiger partial charge in [0.15, 0.2) is 0 Å². The summed E-state index contributed by atoms with van der Waals surface area (Å²) in [6, 6.07) is 3.80. The van der Waals surface area contributed by atoms with E-state index in [0.29, 0.717) is 24.1 Å². The molecule has 0 bridgehead atoms. The van der Waals surface area contributed by atoms with Crippen LogP contribution < -0.4 is 5.84 Å². The predicted octanol–water partition coefficient (Wildman–Crippen LogP) is 7.40. The Balaban J connectivity index is 2.71. The summed E-state index contributed by atoms with van der Waals surface area (Å²) in [7, 11) is 4.73. The van der Waals surface area contributed by atoms with E-state index in [4.69, 9.17) is 5.84 Å². The highest BCUT2D eigenvalue weighted by Crippen LogP contribution is 2.38. The van der Waals surface area contributed by atoms with E-state index in [-0.39, 0.29) is 23.5 Å². The first-order chi connectivity index (χ1) is 18.2. The molecule has 2 aromatic rings. The molecule has 0 radical (unpaired) electrons. The Morgan fingerprint density at radius 1 is 0.825 bits per heavy atom. The van der Waals surface area contributed by atoms with Gasteiger partial charge in [-0.2, -0.15) is 39.5 Å². The number of hydrogen-bond acceptors (Lipinski definition) is 5. The van der Waals surface area contributed by atoms with Gasteiger partial charge in [-0.25, -0.2) is 11.0 Å². The minimum atomic E-state index is -5.09. The first-order valence-corrected chi connectivity index (χ1v) is 11.7. The molecule has 0 saturated heterocycles. The lowest BCUT2D eigenvalue weighted by atomic mass is 9.94. The van der Waals surface area contributed by atoms with Gasteiger partial charge in [-0.3, -0.25) is 0 Å².